The molecule has 1 heterocycles. The average molecular weight is 255 g/mol. The molecule has 1 N–H and O–H groups in total. The number of aliphatic hydroxyl groups is 1. The standard InChI is InChI=1S/C7H13NO3S3/c9-3-2-8(7(12)13)6-1-4-14(10,11)5-6/h6,9H,1-5H2,(H,12,13). The van der Waals surface area contributed by atoms with E-state index in [4.69, 9.17) is 17.3 Å². The van der Waals surface area contributed by atoms with Crippen molar-refractivity contribution in [1.29, 1.82) is 0 Å². The van der Waals surface area contributed by atoms with E-state index < -0.39 is 9.84 Å². The maximum atomic E-state index is 11.2. The van der Waals surface area contributed by atoms with E-state index in [1.807, 2.05) is 0 Å². The highest BCUT2D eigenvalue weighted by atomic mass is 32.2. The van der Waals surface area contributed by atoms with Crippen LogP contribution >= 0.6 is 24.8 Å². The zero-order valence-corrected chi connectivity index (χ0v) is 10.1. The van der Waals surface area contributed by atoms with Gasteiger partial charge in [0.15, 0.2) is 9.84 Å². The highest BCUT2D eigenvalue weighted by Gasteiger charge is 2.32. The van der Waals surface area contributed by atoms with Crippen molar-refractivity contribution in [3.63, 3.8) is 0 Å². The van der Waals surface area contributed by atoms with Crippen LogP contribution in [0.4, 0.5) is 0 Å². The molecule has 14 heavy (non-hydrogen) atoms. The monoisotopic (exact) mass is 255 g/mol. The van der Waals surface area contributed by atoms with Crippen molar-refractivity contribution in [1.82, 2.24) is 4.90 Å². The summed E-state index contributed by atoms with van der Waals surface area (Å²) in [5.41, 5.74) is 0. The van der Waals surface area contributed by atoms with Crippen LogP contribution in [-0.2, 0) is 9.84 Å². The lowest BCUT2D eigenvalue weighted by Gasteiger charge is -2.27. The first-order chi connectivity index (χ1) is 6.46. The van der Waals surface area contributed by atoms with Gasteiger partial charge in [-0.3, -0.25) is 0 Å². The number of thiol groups is 1. The predicted molar refractivity (Wildman–Crippen MR) is 62.4 cm³/mol. The van der Waals surface area contributed by atoms with E-state index in [-0.39, 0.29) is 24.2 Å². The molecule has 4 nitrogen and oxygen atoms in total. The van der Waals surface area contributed by atoms with Crippen LogP contribution in [0.15, 0.2) is 0 Å². The van der Waals surface area contributed by atoms with Crippen LogP contribution in [0.3, 0.4) is 0 Å². The van der Waals surface area contributed by atoms with Gasteiger partial charge in [0.05, 0.1) is 18.1 Å². The SMILES string of the molecule is O=S1(=O)CCC(N(CCO)C(=S)S)C1. The second kappa shape index (κ2) is 4.78. The normalized spacial score (nSPS) is 24.9. The zero-order chi connectivity index (χ0) is 10.8. The van der Waals surface area contributed by atoms with E-state index in [0.29, 0.717) is 17.3 Å². The third-order valence-corrected chi connectivity index (χ3v) is 4.48. The van der Waals surface area contributed by atoms with Gasteiger partial charge in [0, 0.05) is 12.6 Å². The number of thiocarbonyl (C=S) groups is 1. The van der Waals surface area contributed by atoms with Crippen molar-refractivity contribution >= 4 is 39.0 Å². The van der Waals surface area contributed by atoms with Gasteiger partial charge in [0.25, 0.3) is 0 Å². The van der Waals surface area contributed by atoms with E-state index in [1.165, 1.54) is 0 Å². The largest absolute Gasteiger partial charge is 0.395 e. The summed E-state index contributed by atoms with van der Waals surface area (Å²) in [6, 6.07) is -0.114. The molecule has 0 aliphatic carbocycles. The Bertz CT molecular complexity index is 314. The number of hydrogen-bond donors (Lipinski definition) is 2. The third kappa shape index (κ3) is 3.08. The van der Waals surface area contributed by atoms with Crippen molar-refractivity contribution in [3.05, 3.63) is 0 Å². The van der Waals surface area contributed by atoms with E-state index in [9.17, 15) is 8.42 Å². The minimum Gasteiger partial charge on any atom is -0.395 e. The van der Waals surface area contributed by atoms with E-state index >= 15 is 0 Å². The fourth-order valence-electron chi connectivity index (χ4n) is 1.56. The van der Waals surface area contributed by atoms with E-state index in [1.54, 1.807) is 4.90 Å². The molecule has 0 aromatic heterocycles. The average Bonchev–Trinajstić information content (AvgIpc) is 2.41. The molecule has 0 spiro atoms. The highest BCUT2D eigenvalue weighted by Crippen LogP contribution is 2.18. The maximum absolute atomic E-state index is 11.2. The molecule has 82 valence electrons. The third-order valence-electron chi connectivity index (χ3n) is 2.24. The molecule has 0 radical (unpaired) electrons. The molecule has 0 bridgehead atoms. The van der Waals surface area contributed by atoms with Gasteiger partial charge in [-0.2, -0.15) is 0 Å². The predicted octanol–water partition coefficient (Wildman–Crippen LogP) is -0.317. The Morgan fingerprint density at radius 1 is 1.64 bits per heavy atom. The number of rotatable bonds is 3. The van der Waals surface area contributed by atoms with Gasteiger partial charge in [-0.05, 0) is 6.42 Å². The van der Waals surface area contributed by atoms with Crippen LogP contribution in [0.25, 0.3) is 0 Å². The van der Waals surface area contributed by atoms with Crippen LogP contribution in [0, 0.1) is 0 Å². The summed E-state index contributed by atoms with van der Waals surface area (Å²) in [7, 11) is -2.91. The first kappa shape index (κ1) is 12.2. The topological polar surface area (TPSA) is 57.6 Å². The van der Waals surface area contributed by atoms with E-state index in [0.717, 1.165) is 0 Å². The molecule has 1 aliphatic rings. The Balaban J connectivity index is 2.67. The summed E-state index contributed by atoms with van der Waals surface area (Å²) in [4.78, 5) is 1.67. The van der Waals surface area contributed by atoms with Crippen LogP contribution in [-0.4, -0.2) is 53.4 Å². The van der Waals surface area contributed by atoms with Gasteiger partial charge < -0.3 is 10.0 Å². The summed E-state index contributed by atoms with van der Waals surface area (Å²) in [6.45, 7) is 0.305. The number of hydrogen-bond acceptors (Lipinski definition) is 4. The first-order valence-electron chi connectivity index (χ1n) is 4.27. The molecule has 1 aliphatic heterocycles. The fraction of sp³-hybridized carbons (Fsp3) is 0.857. The molecule has 1 atom stereocenters. The number of sulfone groups is 1. The van der Waals surface area contributed by atoms with Crippen molar-refractivity contribution in [2.24, 2.45) is 0 Å². The molecular weight excluding hydrogens is 242 g/mol. The molecule has 1 rings (SSSR count). The van der Waals surface area contributed by atoms with Crippen molar-refractivity contribution in [2.75, 3.05) is 24.7 Å². The van der Waals surface area contributed by atoms with Gasteiger partial charge in [0.2, 0.25) is 0 Å². The summed E-state index contributed by atoms with van der Waals surface area (Å²) in [5.74, 6) is 0.323. The van der Waals surface area contributed by atoms with Gasteiger partial charge in [0.1, 0.15) is 4.32 Å². The summed E-state index contributed by atoms with van der Waals surface area (Å²) in [5, 5.41) is 8.79. The molecule has 7 heteroatoms. The fourth-order valence-corrected chi connectivity index (χ4v) is 3.80. The Kier molecular flexibility index (Phi) is 4.17. The van der Waals surface area contributed by atoms with Crippen molar-refractivity contribution in [3.8, 4) is 0 Å². The zero-order valence-electron chi connectivity index (χ0n) is 7.59. The molecule has 0 saturated carbocycles. The second-order valence-corrected chi connectivity index (χ2v) is 6.60. The Morgan fingerprint density at radius 3 is 2.64 bits per heavy atom. The van der Waals surface area contributed by atoms with Crippen LogP contribution in [0.5, 0.6) is 0 Å². The Hall–Kier alpha value is 0.150. The molecule has 0 aromatic rings. The minimum atomic E-state index is -2.91. The highest BCUT2D eigenvalue weighted by molar-refractivity contribution is 8.10. The molecule has 1 unspecified atom stereocenters. The molecule has 1 fully saturated rings. The lowest BCUT2D eigenvalue weighted by molar-refractivity contribution is 0.231. The lowest BCUT2D eigenvalue weighted by Crippen LogP contribution is -2.39. The van der Waals surface area contributed by atoms with Gasteiger partial charge in [-0.25, -0.2) is 8.42 Å². The van der Waals surface area contributed by atoms with Gasteiger partial charge in [-0.15, -0.1) is 12.6 Å². The Labute approximate surface area is 94.6 Å². The smallest absolute Gasteiger partial charge is 0.152 e. The van der Waals surface area contributed by atoms with Crippen LogP contribution in [0.1, 0.15) is 6.42 Å². The number of nitrogens with zero attached hydrogens (tertiary/aromatic N) is 1. The summed E-state index contributed by atoms with van der Waals surface area (Å²) < 4.78 is 22.8. The quantitative estimate of drug-likeness (QED) is 0.535. The first-order valence-corrected chi connectivity index (χ1v) is 6.95. The molecule has 0 aromatic carbocycles. The van der Waals surface area contributed by atoms with Crippen molar-refractivity contribution < 1.29 is 13.5 Å². The van der Waals surface area contributed by atoms with Gasteiger partial charge in [-0.1, -0.05) is 12.2 Å². The van der Waals surface area contributed by atoms with Crippen LogP contribution in [0.2, 0.25) is 0 Å². The lowest BCUT2D eigenvalue weighted by atomic mass is 10.2. The number of aliphatic hydroxyl groups excluding tert-OH is 1. The minimum absolute atomic E-state index is 0.0444. The summed E-state index contributed by atoms with van der Waals surface area (Å²) >= 11 is 8.89. The maximum Gasteiger partial charge on any atom is 0.152 e. The summed E-state index contributed by atoms with van der Waals surface area (Å²) in [6.07, 6.45) is 0.572. The Morgan fingerprint density at radius 2 is 2.29 bits per heavy atom. The van der Waals surface area contributed by atoms with Crippen molar-refractivity contribution in [2.45, 2.75) is 12.5 Å². The molecular formula is C7H13NO3S3. The molecule has 1 saturated heterocycles. The van der Waals surface area contributed by atoms with E-state index in [2.05, 4.69) is 12.6 Å². The molecule has 0 amide bonds. The van der Waals surface area contributed by atoms with Gasteiger partial charge >= 0.3 is 0 Å². The van der Waals surface area contributed by atoms with Crippen LogP contribution < -0.4 is 0 Å². The second-order valence-electron chi connectivity index (χ2n) is 3.26.